The molecule has 0 aliphatic heterocycles. The zero-order chi connectivity index (χ0) is 35.1. The summed E-state index contributed by atoms with van der Waals surface area (Å²) < 4.78 is 4.71. The Labute approximate surface area is 277 Å². The van der Waals surface area contributed by atoms with Crippen LogP contribution in [-0.4, -0.2) is 72.8 Å². The fraction of sp³-hybridized carbons (Fsp3) is 0.486. The van der Waals surface area contributed by atoms with Crippen LogP contribution in [0.4, 0.5) is 0 Å². The van der Waals surface area contributed by atoms with Gasteiger partial charge in [-0.2, -0.15) is 0 Å². The Bertz CT molecular complexity index is 1350. The van der Waals surface area contributed by atoms with Crippen LogP contribution in [0.2, 0.25) is 0 Å². The predicted octanol–water partition coefficient (Wildman–Crippen LogP) is 1.81. The largest absolute Gasteiger partial charge is 0.467 e. The van der Waals surface area contributed by atoms with Gasteiger partial charge in [0.05, 0.1) is 7.11 Å². The predicted molar refractivity (Wildman–Crippen MR) is 178 cm³/mol. The molecule has 6 atom stereocenters. The van der Waals surface area contributed by atoms with Crippen LogP contribution in [0.5, 0.6) is 0 Å². The van der Waals surface area contributed by atoms with Gasteiger partial charge in [-0.3, -0.25) is 24.0 Å². The Kier molecular flexibility index (Phi) is 15.6. The van der Waals surface area contributed by atoms with Gasteiger partial charge in [-0.25, -0.2) is 4.79 Å². The molecule has 0 aliphatic rings. The van der Waals surface area contributed by atoms with Gasteiger partial charge in [-0.1, -0.05) is 94.8 Å². The first kappa shape index (κ1) is 38.4. The average Bonchev–Trinajstić information content (AvgIpc) is 3.04. The van der Waals surface area contributed by atoms with Crippen LogP contribution in [0, 0.1) is 11.8 Å². The smallest absolute Gasteiger partial charge is 0.328 e. The maximum Gasteiger partial charge on any atom is 0.328 e. The molecule has 0 saturated carbocycles. The molecule has 12 nitrogen and oxygen atoms in total. The van der Waals surface area contributed by atoms with Crippen LogP contribution in [0.3, 0.4) is 0 Å². The molecular formula is C35H49N5O7. The van der Waals surface area contributed by atoms with Crippen LogP contribution in [0.25, 0.3) is 0 Å². The highest BCUT2D eigenvalue weighted by Crippen LogP contribution is 2.13. The van der Waals surface area contributed by atoms with Gasteiger partial charge in [-0.15, -0.1) is 0 Å². The zero-order valence-corrected chi connectivity index (χ0v) is 28.3. The van der Waals surface area contributed by atoms with E-state index in [0.29, 0.717) is 6.42 Å². The summed E-state index contributed by atoms with van der Waals surface area (Å²) in [6.07, 6.45) is 0.869. The first-order valence-corrected chi connectivity index (χ1v) is 15.9. The highest BCUT2D eigenvalue weighted by molar-refractivity contribution is 5.96. The van der Waals surface area contributed by atoms with Gasteiger partial charge in [0.1, 0.15) is 30.2 Å². The van der Waals surface area contributed by atoms with Gasteiger partial charge >= 0.3 is 5.97 Å². The van der Waals surface area contributed by atoms with Crippen molar-refractivity contribution in [3.05, 3.63) is 71.8 Å². The highest BCUT2D eigenvalue weighted by atomic mass is 16.5. The van der Waals surface area contributed by atoms with E-state index in [0.717, 1.165) is 11.1 Å². The zero-order valence-electron chi connectivity index (χ0n) is 28.3. The molecule has 2 aromatic rings. The van der Waals surface area contributed by atoms with Crippen molar-refractivity contribution in [1.29, 1.82) is 0 Å². The molecule has 0 aliphatic carbocycles. The number of rotatable bonds is 17. The molecule has 12 heteroatoms. The lowest BCUT2D eigenvalue weighted by atomic mass is 9.95. The maximum atomic E-state index is 13.8. The summed E-state index contributed by atoms with van der Waals surface area (Å²) in [6.45, 7) is 9.98. The minimum atomic E-state index is -1.07. The molecule has 47 heavy (non-hydrogen) atoms. The van der Waals surface area contributed by atoms with Gasteiger partial charge in [-0.05, 0) is 29.9 Å². The Hall–Kier alpha value is -4.74. The van der Waals surface area contributed by atoms with Crippen LogP contribution in [-0.2, 0) is 46.3 Å². The fourth-order valence-corrected chi connectivity index (χ4v) is 4.91. The molecule has 5 N–H and O–H groups in total. The molecule has 0 saturated heterocycles. The SMILES string of the molecule is CC[C@H](C)[C@H](NC(=O)[C@@H](NC(=O)[C@@H](Cc1ccccc1)NC(C)=O)C(C)C)C(=O)N[C@@H](Cc1ccccc1)C(=O)N[C@@H](C)C(=O)OC. The lowest BCUT2D eigenvalue weighted by Crippen LogP contribution is -2.61. The van der Waals surface area contributed by atoms with Crippen LogP contribution >= 0.6 is 0 Å². The van der Waals surface area contributed by atoms with Gasteiger partial charge in [0.25, 0.3) is 0 Å². The molecule has 0 spiro atoms. The van der Waals surface area contributed by atoms with Gasteiger partial charge in [0, 0.05) is 19.8 Å². The van der Waals surface area contributed by atoms with Crippen LogP contribution in [0.1, 0.15) is 59.1 Å². The molecule has 5 amide bonds. The first-order valence-electron chi connectivity index (χ1n) is 15.9. The van der Waals surface area contributed by atoms with E-state index in [1.165, 1.54) is 21.0 Å². The number of methoxy groups -OCH3 is 1. The quantitative estimate of drug-likeness (QED) is 0.162. The second-order valence-electron chi connectivity index (χ2n) is 12.0. The summed E-state index contributed by atoms with van der Waals surface area (Å²) in [5.74, 6) is -4.06. The lowest BCUT2D eigenvalue weighted by Gasteiger charge is -2.30. The molecule has 256 valence electrons. The summed E-state index contributed by atoms with van der Waals surface area (Å²) >= 11 is 0. The van der Waals surface area contributed by atoms with E-state index in [-0.39, 0.29) is 24.7 Å². The van der Waals surface area contributed by atoms with E-state index in [1.54, 1.807) is 20.8 Å². The molecule has 0 aromatic heterocycles. The fourth-order valence-electron chi connectivity index (χ4n) is 4.91. The number of benzene rings is 2. The standard InChI is InChI=1S/C35H49N5O7/c1-8-22(4)30(34(45)38-28(20-26-17-13-10-14-18-26)31(42)36-23(5)35(46)47-7)40-33(44)29(21(2)3)39-32(43)27(37-24(6)41)19-25-15-11-9-12-16-25/h9-18,21-23,27-30H,8,19-20H2,1-7H3,(H,36,42)(H,37,41)(H,38,45)(H,39,43)(H,40,44)/t22-,23-,27+,28-,29-,30-/m0/s1. The van der Waals surface area contributed by atoms with Crippen molar-refractivity contribution in [1.82, 2.24) is 26.6 Å². The van der Waals surface area contributed by atoms with Crippen molar-refractivity contribution in [3.8, 4) is 0 Å². The Morgan fingerprint density at radius 2 is 1.06 bits per heavy atom. The number of hydrogen-bond acceptors (Lipinski definition) is 7. The van der Waals surface area contributed by atoms with Crippen molar-refractivity contribution in [2.24, 2.45) is 11.8 Å². The lowest BCUT2D eigenvalue weighted by molar-refractivity contribution is -0.145. The molecule has 0 bridgehead atoms. The number of nitrogens with one attached hydrogen (secondary N) is 5. The van der Waals surface area contributed by atoms with Crippen molar-refractivity contribution >= 4 is 35.5 Å². The Balaban J connectivity index is 2.27. The molecule has 0 heterocycles. The average molecular weight is 652 g/mol. The van der Waals surface area contributed by atoms with Crippen LogP contribution < -0.4 is 26.6 Å². The van der Waals surface area contributed by atoms with E-state index in [9.17, 15) is 28.8 Å². The third-order valence-corrected chi connectivity index (χ3v) is 7.85. The van der Waals surface area contributed by atoms with Crippen molar-refractivity contribution < 1.29 is 33.5 Å². The number of ether oxygens (including phenoxy) is 1. The number of amides is 5. The molecule has 2 rings (SSSR count). The second kappa shape index (κ2) is 19.0. The van der Waals surface area contributed by atoms with Gasteiger partial charge < -0.3 is 31.3 Å². The number of hydrogen-bond donors (Lipinski definition) is 5. The molecule has 0 unspecified atom stereocenters. The molecule has 2 aromatic carbocycles. The summed E-state index contributed by atoms with van der Waals surface area (Å²) in [7, 11) is 1.21. The minimum Gasteiger partial charge on any atom is -0.467 e. The number of carbonyl (C=O) groups is 6. The van der Waals surface area contributed by atoms with Crippen molar-refractivity contribution in [2.45, 2.75) is 91.0 Å². The van der Waals surface area contributed by atoms with Crippen molar-refractivity contribution in [2.75, 3.05) is 7.11 Å². The molecule has 0 fully saturated rings. The number of esters is 1. The maximum absolute atomic E-state index is 13.8. The third kappa shape index (κ3) is 12.5. The third-order valence-electron chi connectivity index (χ3n) is 7.85. The Morgan fingerprint density at radius 1 is 0.617 bits per heavy atom. The van der Waals surface area contributed by atoms with Gasteiger partial charge in [0.2, 0.25) is 29.5 Å². The Morgan fingerprint density at radius 3 is 1.51 bits per heavy atom. The summed E-state index contributed by atoms with van der Waals surface area (Å²) in [5, 5.41) is 13.6. The first-order chi connectivity index (χ1) is 22.3. The summed E-state index contributed by atoms with van der Waals surface area (Å²) in [4.78, 5) is 78.1. The van der Waals surface area contributed by atoms with Crippen molar-refractivity contribution in [3.63, 3.8) is 0 Å². The molecule has 0 radical (unpaired) electrons. The summed E-state index contributed by atoms with van der Waals surface area (Å²) in [5.41, 5.74) is 1.60. The van der Waals surface area contributed by atoms with E-state index >= 15 is 0 Å². The topological polar surface area (TPSA) is 172 Å². The second-order valence-corrected chi connectivity index (χ2v) is 12.0. The highest BCUT2D eigenvalue weighted by Gasteiger charge is 2.35. The number of carbonyl (C=O) groups excluding carboxylic acids is 6. The molecular weight excluding hydrogens is 602 g/mol. The monoisotopic (exact) mass is 651 g/mol. The normalized spacial score (nSPS) is 14.7. The summed E-state index contributed by atoms with van der Waals surface area (Å²) in [6, 6.07) is 13.2. The minimum absolute atomic E-state index is 0.129. The van der Waals surface area contributed by atoms with E-state index in [2.05, 4.69) is 26.6 Å². The van der Waals surface area contributed by atoms with E-state index in [4.69, 9.17) is 4.74 Å². The van der Waals surface area contributed by atoms with E-state index in [1.807, 2.05) is 67.6 Å². The van der Waals surface area contributed by atoms with Crippen LogP contribution in [0.15, 0.2) is 60.7 Å². The van der Waals surface area contributed by atoms with E-state index < -0.39 is 65.7 Å². The van der Waals surface area contributed by atoms with Gasteiger partial charge in [0.15, 0.2) is 0 Å².